The third-order valence-electron chi connectivity index (χ3n) is 3.02. The monoisotopic (exact) mass is 351 g/mol. The largest absolute Gasteiger partial charge is 0.476 e. The van der Waals surface area contributed by atoms with Gasteiger partial charge in [-0.2, -0.15) is 0 Å². The molecule has 2 heterocycles. The lowest BCUT2D eigenvalue weighted by atomic mass is 10.2. The second-order valence-corrected chi connectivity index (χ2v) is 6.21. The van der Waals surface area contributed by atoms with Crippen LogP contribution in [0.2, 0.25) is 5.02 Å². The number of hydrogen-bond donors (Lipinski definition) is 1. The molecule has 0 fully saturated rings. The van der Waals surface area contributed by atoms with Crippen molar-refractivity contribution >= 4 is 44.2 Å². The first-order valence-corrected chi connectivity index (χ1v) is 8.28. The fraction of sp³-hybridized carbons (Fsp3) is 0.267. The molecule has 0 unspecified atom stereocenters. The van der Waals surface area contributed by atoms with Crippen molar-refractivity contribution in [1.29, 1.82) is 0 Å². The highest BCUT2D eigenvalue weighted by Gasteiger charge is 2.11. The normalized spacial score (nSPS) is 10.9. The SMILES string of the molecule is CCOc1cc(CCC(=O)Nc2nc3cc(Cl)ccc3s2)on1. The van der Waals surface area contributed by atoms with Crippen LogP contribution in [0.1, 0.15) is 19.1 Å². The Morgan fingerprint density at radius 3 is 3.13 bits per heavy atom. The van der Waals surface area contributed by atoms with Crippen LogP contribution in [0, 0.1) is 0 Å². The van der Waals surface area contributed by atoms with Crippen molar-refractivity contribution in [2.24, 2.45) is 0 Å². The summed E-state index contributed by atoms with van der Waals surface area (Å²) < 4.78 is 11.3. The molecule has 0 radical (unpaired) electrons. The maximum Gasteiger partial charge on any atom is 0.254 e. The van der Waals surface area contributed by atoms with Crippen LogP contribution in [0.25, 0.3) is 10.2 Å². The maximum atomic E-state index is 12.0. The molecule has 0 spiro atoms. The molecule has 3 rings (SSSR count). The molecular weight excluding hydrogens is 338 g/mol. The number of thiazole rings is 1. The lowest BCUT2D eigenvalue weighted by molar-refractivity contribution is -0.116. The van der Waals surface area contributed by atoms with E-state index in [0.29, 0.717) is 34.8 Å². The standard InChI is InChI=1S/C15H14ClN3O3S/c1-2-21-14-8-10(22-19-14)4-6-13(20)18-15-17-11-7-9(16)3-5-12(11)23-15/h3,5,7-8H,2,4,6H2,1H3,(H,17,18,20). The van der Waals surface area contributed by atoms with Gasteiger partial charge < -0.3 is 14.6 Å². The molecule has 0 saturated carbocycles. The Kier molecular flexibility index (Phi) is 4.78. The van der Waals surface area contributed by atoms with Gasteiger partial charge in [-0.25, -0.2) is 4.98 Å². The van der Waals surface area contributed by atoms with E-state index in [1.54, 1.807) is 18.2 Å². The lowest BCUT2D eigenvalue weighted by Crippen LogP contribution is -2.11. The van der Waals surface area contributed by atoms with E-state index in [4.69, 9.17) is 20.9 Å². The number of amides is 1. The summed E-state index contributed by atoms with van der Waals surface area (Å²) in [4.78, 5) is 16.3. The Morgan fingerprint density at radius 1 is 1.43 bits per heavy atom. The van der Waals surface area contributed by atoms with Crippen molar-refractivity contribution in [1.82, 2.24) is 10.1 Å². The van der Waals surface area contributed by atoms with Gasteiger partial charge in [-0.1, -0.05) is 22.9 Å². The fourth-order valence-corrected chi connectivity index (χ4v) is 3.03. The predicted octanol–water partition coefficient (Wildman–Crippen LogP) is 3.91. The Bertz CT molecular complexity index is 830. The molecule has 2 aromatic heterocycles. The number of carbonyl (C=O) groups excluding carboxylic acids is 1. The van der Waals surface area contributed by atoms with Gasteiger partial charge in [-0.3, -0.25) is 4.79 Å². The molecule has 6 nitrogen and oxygen atoms in total. The van der Waals surface area contributed by atoms with E-state index in [2.05, 4.69) is 15.5 Å². The number of aryl methyl sites for hydroxylation is 1. The van der Waals surface area contributed by atoms with E-state index < -0.39 is 0 Å². The van der Waals surface area contributed by atoms with E-state index in [1.807, 2.05) is 13.0 Å². The number of benzene rings is 1. The van der Waals surface area contributed by atoms with E-state index in [-0.39, 0.29) is 12.3 Å². The first kappa shape index (κ1) is 15.8. The zero-order valence-electron chi connectivity index (χ0n) is 12.3. The van der Waals surface area contributed by atoms with Crippen molar-refractivity contribution in [3.05, 3.63) is 35.0 Å². The number of fused-ring (bicyclic) bond motifs is 1. The van der Waals surface area contributed by atoms with Crippen molar-refractivity contribution in [2.45, 2.75) is 19.8 Å². The zero-order chi connectivity index (χ0) is 16.2. The van der Waals surface area contributed by atoms with Crippen LogP contribution in [0.4, 0.5) is 5.13 Å². The average molecular weight is 352 g/mol. The summed E-state index contributed by atoms with van der Waals surface area (Å²) in [5.41, 5.74) is 0.773. The number of ether oxygens (including phenoxy) is 1. The second-order valence-electron chi connectivity index (χ2n) is 4.74. The lowest BCUT2D eigenvalue weighted by Gasteiger charge is -1.99. The first-order chi connectivity index (χ1) is 11.1. The summed E-state index contributed by atoms with van der Waals surface area (Å²) in [5.74, 6) is 0.912. The van der Waals surface area contributed by atoms with Crippen LogP contribution in [-0.4, -0.2) is 22.7 Å². The molecule has 0 aliphatic rings. The average Bonchev–Trinajstić information content (AvgIpc) is 3.11. The van der Waals surface area contributed by atoms with Gasteiger partial charge in [0.1, 0.15) is 5.76 Å². The molecule has 8 heteroatoms. The number of halogens is 1. The first-order valence-electron chi connectivity index (χ1n) is 7.08. The Morgan fingerprint density at radius 2 is 2.30 bits per heavy atom. The number of aromatic nitrogens is 2. The molecule has 0 aliphatic carbocycles. The van der Waals surface area contributed by atoms with Gasteiger partial charge in [0, 0.05) is 23.9 Å². The Hall–Kier alpha value is -2.12. The van der Waals surface area contributed by atoms with Crippen molar-refractivity contribution in [3.8, 4) is 5.88 Å². The molecular formula is C15H14ClN3O3S. The third-order valence-corrected chi connectivity index (χ3v) is 4.21. The van der Waals surface area contributed by atoms with E-state index in [9.17, 15) is 4.79 Å². The summed E-state index contributed by atoms with van der Waals surface area (Å²) in [6.45, 7) is 2.39. The highest BCUT2D eigenvalue weighted by molar-refractivity contribution is 7.22. The summed E-state index contributed by atoms with van der Waals surface area (Å²) >= 11 is 7.34. The van der Waals surface area contributed by atoms with E-state index in [1.165, 1.54) is 11.3 Å². The molecule has 120 valence electrons. The van der Waals surface area contributed by atoms with Crippen molar-refractivity contribution in [2.75, 3.05) is 11.9 Å². The predicted molar refractivity (Wildman–Crippen MR) is 89.3 cm³/mol. The summed E-state index contributed by atoms with van der Waals surface area (Å²) in [6.07, 6.45) is 0.722. The minimum Gasteiger partial charge on any atom is -0.476 e. The van der Waals surface area contributed by atoms with Crippen LogP contribution >= 0.6 is 22.9 Å². The number of nitrogens with zero attached hydrogens (tertiary/aromatic N) is 2. The van der Waals surface area contributed by atoms with Gasteiger partial charge in [0.2, 0.25) is 5.91 Å². The van der Waals surface area contributed by atoms with Gasteiger partial charge in [0.25, 0.3) is 5.88 Å². The minimum absolute atomic E-state index is 0.135. The number of rotatable bonds is 6. The smallest absolute Gasteiger partial charge is 0.254 e. The number of carbonyl (C=O) groups is 1. The molecule has 0 atom stereocenters. The van der Waals surface area contributed by atoms with Crippen LogP contribution in [0.3, 0.4) is 0 Å². The number of hydrogen-bond acceptors (Lipinski definition) is 6. The van der Waals surface area contributed by atoms with Gasteiger partial charge in [-0.05, 0) is 30.3 Å². The molecule has 0 aliphatic heterocycles. The zero-order valence-corrected chi connectivity index (χ0v) is 13.9. The van der Waals surface area contributed by atoms with Crippen LogP contribution in [0.15, 0.2) is 28.8 Å². The quantitative estimate of drug-likeness (QED) is 0.728. The molecule has 0 bridgehead atoms. The van der Waals surface area contributed by atoms with Crippen molar-refractivity contribution in [3.63, 3.8) is 0 Å². The van der Waals surface area contributed by atoms with Crippen LogP contribution < -0.4 is 10.1 Å². The Balaban J connectivity index is 1.57. The highest BCUT2D eigenvalue weighted by Crippen LogP contribution is 2.28. The molecule has 1 aromatic carbocycles. The molecule has 1 N–H and O–H groups in total. The van der Waals surface area contributed by atoms with E-state index >= 15 is 0 Å². The molecule has 0 saturated heterocycles. The van der Waals surface area contributed by atoms with Gasteiger partial charge in [-0.15, -0.1) is 0 Å². The number of nitrogens with one attached hydrogen (secondary N) is 1. The van der Waals surface area contributed by atoms with Crippen LogP contribution in [0.5, 0.6) is 5.88 Å². The second kappa shape index (κ2) is 6.97. The fourth-order valence-electron chi connectivity index (χ4n) is 2.00. The Labute approximate surface area is 141 Å². The third kappa shape index (κ3) is 4.00. The number of anilines is 1. The van der Waals surface area contributed by atoms with Crippen LogP contribution in [-0.2, 0) is 11.2 Å². The van der Waals surface area contributed by atoms with Gasteiger partial charge in [0.05, 0.1) is 16.8 Å². The molecule has 23 heavy (non-hydrogen) atoms. The summed E-state index contributed by atoms with van der Waals surface area (Å²) in [5, 5.41) is 7.72. The topological polar surface area (TPSA) is 77.2 Å². The molecule has 3 aromatic rings. The van der Waals surface area contributed by atoms with E-state index in [0.717, 1.165) is 10.2 Å². The maximum absolute atomic E-state index is 12.0. The van der Waals surface area contributed by atoms with Crippen molar-refractivity contribution < 1.29 is 14.1 Å². The minimum atomic E-state index is -0.135. The van der Waals surface area contributed by atoms with Gasteiger partial charge in [0.15, 0.2) is 5.13 Å². The van der Waals surface area contributed by atoms with Gasteiger partial charge >= 0.3 is 0 Å². The molecule has 1 amide bonds. The summed E-state index contributed by atoms with van der Waals surface area (Å²) in [7, 11) is 0. The highest BCUT2D eigenvalue weighted by atomic mass is 35.5. The summed E-state index contributed by atoms with van der Waals surface area (Å²) in [6, 6.07) is 7.14.